The van der Waals surface area contributed by atoms with Crippen molar-refractivity contribution in [2.24, 2.45) is 10.8 Å². The molecule has 0 saturated carbocycles. The van der Waals surface area contributed by atoms with E-state index in [1.807, 2.05) is 25.7 Å². The van der Waals surface area contributed by atoms with E-state index in [1.165, 1.54) is 13.0 Å². The van der Waals surface area contributed by atoms with Gasteiger partial charge in [-0.15, -0.1) is 0 Å². The van der Waals surface area contributed by atoms with Crippen LogP contribution in [0.5, 0.6) is 0 Å². The molecule has 2 aliphatic heterocycles. The second-order valence-corrected chi connectivity index (χ2v) is 8.25. The molecule has 0 radical (unpaired) electrons. The molecule has 2 saturated heterocycles. The van der Waals surface area contributed by atoms with Crippen LogP contribution in [0.25, 0.3) is 0 Å². The van der Waals surface area contributed by atoms with E-state index in [9.17, 15) is 4.79 Å². The highest BCUT2D eigenvalue weighted by molar-refractivity contribution is 5.82. The zero-order valence-corrected chi connectivity index (χ0v) is 12.8. The van der Waals surface area contributed by atoms with Crippen molar-refractivity contribution in [1.82, 2.24) is 9.80 Å². The van der Waals surface area contributed by atoms with Crippen LogP contribution in [0.3, 0.4) is 0 Å². The van der Waals surface area contributed by atoms with E-state index in [4.69, 9.17) is 0 Å². The molecule has 2 rings (SSSR count). The second kappa shape index (κ2) is 3.96. The van der Waals surface area contributed by atoms with Crippen LogP contribution in [0, 0.1) is 10.8 Å². The SMILES string of the molecule is CC(C)(C)C(=O)N1CC2(CCN(C(C)(C)C)C2)C1. The van der Waals surface area contributed by atoms with Gasteiger partial charge in [-0.25, -0.2) is 0 Å². The standard InChI is InChI=1S/C15H28N2O/c1-13(2,3)12(18)16-9-15(10-16)7-8-17(11-15)14(4,5)6/h7-11H2,1-6H3. The van der Waals surface area contributed by atoms with Gasteiger partial charge >= 0.3 is 0 Å². The number of likely N-dealkylation sites (tertiary alicyclic amines) is 2. The molecular weight excluding hydrogens is 224 g/mol. The monoisotopic (exact) mass is 252 g/mol. The van der Waals surface area contributed by atoms with Crippen molar-refractivity contribution in [2.75, 3.05) is 26.2 Å². The molecule has 18 heavy (non-hydrogen) atoms. The first-order chi connectivity index (χ1) is 8.04. The molecule has 1 spiro atoms. The molecule has 0 unspecified atom stereocenters. The van der Waals surface area contributed by atoms with Gasteiger partial charge in [0.1, 0.15) is 0 Å². The maximum atomic E-state index is 12.2. The largest absolute Gasteiger partial charge is 0.341 e. The fourth-order valence-corrected chi connectivity index (χ4v) is 3.15. The van der Waals surface area contributed by atoms with Crippen molar-refractivity contribution in [3.8, 4) is 0 Å². The topological polar surface area (TPSA) is 23.6 Å². The van der Waals surface area contributed by atoms with Gasteiger partial charge in [-0.2, -0.15) is 0 Å². The van der Waals surface area contributed by atoms with Crippen molar-refractivity contribution >= 4 is 5.91 Å². The summed E-state index contributed by atoms with van der Waals surface area (Å²) in [6, 6.07) is 0. The Morgan fingerprint density at radius 1 is 1.00 bits per heavy atom. The van der Waals surface area contributed by atoms with Gasteiger partial charge in [-0.05, 0) is 33.7 Å². The molecule has 0 aromatic heterocycles. The summed E-state index contributed by atoms with van der Waals surface area (Å²) >= 11 is 0. The summed E-state index contributed by atoms with van der Waals surface area (Å²) in [6.45, 7) is 17.1. The van der Waals surface area contributed by atoms with Crippen LogP contribution in [0.2, 0.25) is 0 Å². The van der Waals surface area contributed by atoms with Crippen LogP contribution in [0.15, 0.2) is 0 Å². The third-order valence-corrected chi connectivity index (χ3v) is 4.37. The molecule has 0 bridgehead atoms. The first-order valence-corrected chi connectivity index (χ1v) is 7.08. The van der Waals surface area contributed by atoms with Crippen molar-refractivity contribution in [2.45, 2.75) is 53.5 Å². The lowest BCUT2D eigenvalue weighted by molar-refractivity contribution is -0.151. The first-order valence-electron chi connectivity index (χ1n) is 7.08. The van der Waals surface area contributed by atoms with E-state index in [2.05, 4.69) is 25.7 Å². The fraction of sp³-hybridized carbons (Fsp3) is 0.933. The molecule has 2 heterocycles. The summed E-state index contributed by atoms with van der Waals surface area (Å²) < 4.78 is 0. The van der Waals surface area contributed by atoms with Crippen LogP contribution in [-0.4, -0.2) is 47.4 Å². The Labute approximate surface area is 112 Å². The Morgan fingerprint density at radius 3 is 1.94 bits per heavy atom. The highest BCUT2D eigenvalue weighted by Gasteiger charge is 2.51. The normalized spacial score (nSPS) is 24.4. The quantitative estimate of drug-likeness (QED) is 0.661. The summed E-state index contributed by atoms with van der Waals surface area (Å²) in [5, 5.41) is 0. The molecule has 2 fully saturated rings. The summed E-state index contributed by atoms with van der Waals surface area (Å²) in [7, 11) is 0. The Hall–Kier alpha value is -0.570. The maximum Gasteiger partial charge on any atom is 0.227 e. The lowest BCUT2D eigenvalue weighted by Gasteiger charge is -2.50. The van der Waals surface area contributed by atoms with Crippen LogP contribution in [0.1, 0.15) is 48.0 Å². The van der Waals surface area contributed by atoms with Gasteiger partial charge in [-0.1, -0.05) is 20.8 Å². The Kier molecular flexibility index (Phi) is 3.05. The van der Waals surface area contributed by atoms with Crippen LogP contribution >= 0.6 is 0 Å². The molecule has 0 aromatic rings. The summed E-state index contributed by atoms with van der Waals surface area (Å²) in [5.41, 5.74) is 0.427. The predicted octanol–water partition coefficient (Wildman–Crippen LogP) is 2.37. The molecule has 0 N–H and O–H groups in total. The van der Waals surface area contributed by atoms with E-state index in [-0.39, 0.29) is 11.0 Å². The van der Waals surface area contributed by atoms with Gasteiger partial charge in [0.2, 0.25) is 5.91 Å². The van der Waals surface area contributed by atoms with Crippen molar-refractivity contribution < 1.29 is 4.79 Å². The average Bonchev–Trinajstić information content (AvgIpc) is 2.56. The van der Waals surface area contributed by atoms with E-state index >= 15 is 0 Å². The number of hydrogen-bond donors (Lipinski definition) is 0. The smallest absolute Gasteiger partial charge is 0.227 e. The second-order valence-electron chi connectivity index (χ2n) is 8.25. The van der Waals surface area contributed by atoms with Crippen molar-refractivity contribution in [3.63, 3.8) is 0 Å². The van der Waals surface area contributed by atoms with Crippen LogP contribution in [0.4, 0.5) is 0 Å². The summed E-state index contributed by atoms with van der Waals surface area (Å²) in [4.78, 5) is 16.8. The molecule has 2 aliphatic rings. The Bertz CT molecular complexity index is 342. The molecule has 0 aromatic carbocycles. The third kappa shape index (κ3) is 2.42. The van der Waals surface area contributed by atoms with E-state index in [0.29, 0.717) is 11.3 Å². The number of amides is 1. The predicted molar refractivity (Wildman–Crippen MR) is 74.4 cm³/mol. The number of rotatable bonds is 0. The first kappa shape index (κ1) is 13.9. The molecule has 0 atom stereocenters. The van der Waals surface area contributed by atoms with Gasteiger partial charge < -0.3 is 4.90 Å². The van der Waals surface area contributed by atoms with E-state index in [1.54, 1.807) is 0 Å². The van der Waals surface area contributed by atoms with Crippen molar-refractivity contribution in [1.29, 1.82) is 0 Å². The highest BCUT2D eigenvalue weighted by Crippen LogP contribution is 2.42. The van der Waals surface area contributed by atoms with Crippen LogP contribution in [-0.2, 0) is 4.79 Å². The molecule has 3 nitrogen and oxygen atoms in total. The molecular formula is C15H28N2O. The Balaban J connectivity index is 1.92. The minimum absolute atomic E-state index is 0.232. The van der Waals surface area contributed by atoms with Gasteiger partial charge in [-0.3, -0.25) is 9.69 Å². The minimum Gasteiger partial charge on any atom is -0.341 e. The third-order valence-electron chi connectivity index (χ3n) is 4.37. The van der Waals surface area contributed by atoms with E-state index < -0.39 is 0 Å². The number of carbonyl (C=O) groups excluding carboxylic acids is 1. The minimum atomic E-state index is -0.232. The zero-order chi connectivity index (χ0) is 13.8. The fourth-order valence-electron chi connectivity index (χ4n) is 3.15. The van der Waals surface area contributed by atoms with Gasteiger partial charge in [0, 0.05) is 36.0 Å². The Morgan fingerprint density at radius 2 is 1.56 bits per heavy atom. The molecule has 3 heteroatoms. The lowest BCUT2D eigenvalue weighted by atomic mass is 9.77. The molecule has 0 aliphatic carbocycles. The van der Waals surface area contributed by atoms with Crippen LogP contribution < -0.4 is 0 Å². The zero-order valence-electron chi connectivity index (χ0n) is 12.8. The maximum absolute atomic E-state index is 12.2. The number of hydrogen-bond acceptors (Lipinski definition) is 2. The van der Waals surface area contributed by atoms with E-state index in [0.717, 1.165) is 19.6 Å². The van der Waals surface area contributed by atoms with Crippen molar-refractivity contribution in [3.05, 3.63) is 0 Å². The molecule has 104 valence electrons. The number of carbonyl (C=O) groups is 1. The van der Waals surface area contributed by atoms with Gasteiger partial charge in [0.25, 0.3) is 0 Å². The number of nitrogens with zero attached hydrogens (tertiary/aromatic N) is 2. The molecule has 1 amide bonds. The van der Waals surface area contributed by atoms with Gasteiger partial charge in [0.15, 0.2) is 0 Å². The lowest BCUT2D eigenvalue weighted by Crippen LogP contribution is -2.62. The summed E-state index contributed by atoms with van der Waals surface area (Å²) in [5.74, 6) is 0.308. The summed E-state index contributed by atoms with van der Waals surface area (Å²) in [6.07, 6.45) is 1.25. The average molecular weight is 252 g/mol. The highest BCUT2D eigenvalue weighted by atomic mass is 16.2. The van der Waals surface area contributed by atoms with Gasteiger partial charge in [0.05, 0.1) is 0 Å².